The van der Waals surface area contributed by atoms with E-state index in [2.05, 4.69) is 31.1 Å². The minimum Gasteiger partial charge on any atom is -0.375 e. The van der Waals surface area contributed by atoms with Crippen LogP contribution in [-0.2, 0) is 22.2 Å². The Morgan fingerprint density at radius 3 is 2.71 bits per heavy atom. The Morgan fingerprint density at radius 1 is 1.33 bits per heavy atom. The fourth-order valence-electron chi connectivity index (χ4n) is 2.43. The summed E-state index contributed by atoms with van der Waals surface area (Å²) in [6, 6.07) is 7.25. The zero-order valence-electron chi connectivity index (χ0n) is 12.3. The molecule has 4 nitrogen and oxygen atoms in total. The number of rotatable bonds is 2. The summed E-state index contributed by atoms with van der Waals surface area (Å²) in [5, 5.41) is 16.3. The third kappa shape index (κ3) is 2.36. The van der Waals surface area contributed by atoms with Gasteiger partial charge in [-0.25, -0.2) is 4.98 Å². The summed E-state index contributed by atoms with van der Waals surface area (Å²) in [4.78, 5) is 16.8. The van der Waals surface area contributed by atoms with E-state index >= 15 is 0 Å². The van der Waals surface area contributed by atoms with Crippen LogP contribution in [0.3, 0.4) is 0 Å². The van der Waals surface area contributed by atoms with Crippen LogP contribution in [0.2, 0.25) is 0 Å². The molecule has 21 heavy (non-hydrogen) atoms. The number of thiazole rings is 1. The lowest BCUT2D eigenvalue weighted by Gasteiger charge is -2.19. The molecule has 1 atom stereocenters. The number of aromatic nitrogens is 1. The van der Waals surface area contributed by atoms with Crippen molar-refractivity contribution in [3.8, 4) is 0 Å². The number of amides is 1. The molecule has 0 saturated heterocycles. The van der Waals surface area contributed by atoms with Crippen molar-refractivity contribution in [1.29, 1.82) is 0 Å². The molecular weight excluding hydrogens is 284 g/mol. The van der Waals surface area contributed by atoms with E-state index in [0.29, 0.717) is 11.3 Å². The Morgan fingerprint density at radius 2 is 2.05 bits per heavy atom. The average Bonchev–Trinajstić information content (AvgIpc) is 2.95. The van der Waals surface area contributed by atoms with E-state index in [0.717, 1.165) is 10.7 Å². The topological polar surface area (TPSA) is 62.2 Å². The van der Waals surface area contributed by atoms with Crippen LogP contribution >= 0.6 is 11.3 Å². The Labute approximate surface area is 127 Å². The lowest BCUT2D eigenvalue weighted by atomic mass is 9.91. The molecule has 0 spiro atoms. The van der Waals surface area contributed by atoms with Crippen molar-refractivity contribution < 1.29 is 9.90 Å². The van der Waals surface area contributed by atoms with Crippen LogP contribution in [0.5, 0.6) is 0 Å². The third-order valence-electron chi connectivity index (χ3n) is 3.72. The summed E-state index contributed by atoms with van der Waals surface area (Å²) in [5.74, 6) is -0.379. The minimum atomic E-state index is -1.52. The molecule has 2 heterocycles. The van der Waals surface area contributed by atoms with Crippen LogP contribution in [-0.4, -0.2) is 16.0 Å². The second-order valence-corrected chi connectivity index (χ2v) is 7.36. The van der Waals surface area contributed by atoms with E-state index in [-0.39, 0.29) is 17.7 Å². The lowest BCUT2D eigenvalue weighted by molar-refractivity contribution is -0.133. The second kappa shape index (κ2) is 4.64. The highest BCUT2D eigenvalue weighted by atomic mass is 32.1. The molecular formula is C16H18N2O2S. The van der Waals surface area contributed by atoms with Crippen LogP contribution in [0.1, 0.15) is 37.0 Å². The predicted octanol–water partition coefficient (Wildman–Crippen LogP) is 2.82. The molecule has 1 aromatic heterocycles. The van der Waals surface area contributed by atoms with Gasteiger partial charge in [-0.1, -0.05) is 39.0 Å². The van der Waals surface area contributed by atoms with Gasteiger partial charge in [-0.2, -0.15) is 0 Å². The quantitative estimate of drug-likeness (QED) is 0.896. The highest BCUT2D eigenvalue weighted by Gasteiger charge is 2.45. The van der Waals surface area contributed by atoms with Crippen molar-refractivity contribution in [3.63, 3.8) is 0 Å². The van der Waals surface area contributed by atoms with Gasteiger partial charge in [0.1, 0.15) is 0 Å². The van der Waals surface area contributed by atoms with Gasteiger partial charge in [0.2, 0.25) is 0 Å². The van der Waals surface area contributed by atoms with E-state index < -0.39 is 5.60 Å². The molecule has 0 fully saturated rings. The van der Waals surface area contributed by atoms with Crippen LogP contribution in [0.15, 0.2) is 29.6 Å². The van der Waals surface area contributed by atoms with Gasteiger partial charge in [0.25, 0.3) is 5.91 Å². The zero-order valence-corrected chi connectivity index (χ0v) is 13.1. The van der Waals surface area contributed by atoms with Gasteiger partial charge in [0, 0.05) is 28.5 Å². The van der Waals surface area contributed by atoms with Crippen molar-refractivity contribution >= 4 is 22.9 Å². The maximum atomic E-state index is 12.2. The number of hydrogen-bond donors (Lipinski definition) is 2. The SMILES string of the molecule is CC(C)(C)c1csc(CC2(O)C(=O)Nc3ccccc32)n1. The average molecular weight is 302 g/mol. The monoisotopic (exact) mass is 302 g/mol. The minimum absolute atomic E-state index is 0.0345. The van der Waals surface area contributed by atoms with E-state index in [4.69, 9.17) is 0 Å². The summed E-state index contributed by atoms with van der Waals surface area (Å²) in [6.45, 7) is 6.29. The van der Waals surface area contributed by atoms with Crippen LogP contribution in [0, 0.1) is 0 Å². The molecule has 0 radical (unpaired) electrons. The first-order valence-corrected chi connectivity index (χ1v) is 7.77. The second-order valence-electron chi connectivity index (χ2n) is 6.41. The molecule has 0 bridgehead atoms. The van der Waals surface area contributed by atoms with Crippen LogP contribution in [0.25, 0.3) is 0 Å². The number of fused-ring (bicyclic) bond motifs is 1. The molecule has 0 aliphatic carbocycles. The third-order valence-corrected chi connectivity index (χ3v) is 4.57. The Bertz CT molecular complexity index is 702. The molecule has 1 aliphatic heterocycles. The predicted molar refractivity (Wildman–Crippen MR) is 83.5 cm³/mol. The van der Waals surface area contributed by atoms with Gasteiger partial charge in [0.05, 0.1) is 10.7 Å². The van der Waals surface area contributed by atoms with E-state index in [1.807, 2.05) is 17.5 Å². The number of benzene rings is 1. The lowest BCUT2D eigenvalue weighted by Crippen LogP contribution is -2.36. The number of hydrogen-bond acceptors (Lipinski definition) is 4. The summed E-state index contributed by atoms with van der Waals surface area (Å²) in [5.41, 5.74) is 0.731. The van der Waals surface area contributed by atoms with Gasteiger partial charge in [0.15, 0.2) is 5.60 Å². The van der Waals surface area contributed by atoms with Crippen LogP contribution in [0.4, 0.5) is 5.69 Å². The molecule has 3 rings (SSSR count). The van der Waals surface area contributed by atoms with Crippen LogP contribution < -0.4 is 5.32 Å². The highest BCUT2D eigenvalue weighted by molar-refractivity contribution is 7.09. The smallest absolute Gasteiger partial charge is 0.261 e. The largest absolute Gasteiger partial charge is 0.375 e. The standard InChI is InChI=1S/C16H18N2O2S/c1-15(2,3)12-9-21-13(18-12)8-16(20)10-6-4-5-7-11(10)17-14(16)19/h4-7,9,20H,8H2,1-3H3,(H,17,19). The summed E-state index contributed by atoms with van der Waals surface area (Å²) >= 11 is 1.49. The normalized spacial score (nSPS) is 21.2. The molecule has 1 aromatic carbocycles. The number of nitrogens with one attached hydrogen (secondary N) is 1. The first kappa shape index (κ1) is 14.2. The first-order valence-electron chi connectivity index (χ1n) is 6.89. The number of carbonyl (C=O) groups is 1. The van der Waals surface area contributed by atoms with Crippen molar-refractivity contribution in [2.45, 2.75) is 38.2 Å². The molecule has 1 aliphatic rings. The van der Waals surface area contributed by atoms with Crippen molar-refractivity contribution in [3.05, 3.63) is 45.9 Å². The van der Waals surface area contributed by atoms with Gasteiger partial charge in [-0.05, 0) is 6.07 Å². The first-order chi connectivity index (χ1) is 9.80. The number of nitrogens with zero attached hydrogens (tertiary/aromatic N) is 1. The highest BCUT2D eigenvalue weighted by Crippen LogP contribution is 2.39. The molecule has 0 saturated carbocycles. The van der Waals surface area contributed by atoms with Crippen molar-refractivity contribution in [2.75, 3.05) is 5.32 Å². The summed E-state index contributed by atoms with van der Waals surface area (Å²) < 4.78 is 0. The molecule has 2 aromatic rings. The molecule has 1 amide bonds. The Balaban J connectivity index is 1.94. The van der Waals surface area contributed by atoms with E-state index in [1.54, 1.807) is 12.1 Å². The van der Waals surface area contributed by atoms with Crippen molar-refractivity contribution in [1.82, 2.24) is 4.98 Å². The van der Waals surface area contributed by atoms with Gasteiger partial charge >= 0.3 is 0 Å². The van der Waals surface area contributed by atoms with Crippen molar-refractivity contribution in [2.24, 2.45) is 0 Å². The maximum absolute atomic E-state index is 12.2. The number of para-hydroxylation sites is 1. The summed E-state index contributed by atoms with van der Waals surface area (Å²) in [6.07, 6.45) is 0.205. The Hall–Kier alpha value is -1.72. The molecule has 110 valence electrons. The van der Waals surface area contributed by atoms with E-state index in [9.17, 15) is 9.90 Å². The zero-order chi connectivity index (χ0) is 15.3. The number of aliphatic hydroxyl groups is 1. The number of anilines is 1. The van der Waals surface area contributed by atoms with Gasteiger partial charge in [-0.3, -0.25) is 4.79 Å². The van der Waals surface area contributed by atoms with Gasteiger partial charge in [-0.15, -0.1) is 11.3 Å². The molecule has 1 unspecified atom stereocenters. The molecule has 2 N–H and O–H groups in total. The fourth-order valence-corrected chi connectivity index (χ4v) is 3.53. The Kier molecular flexibility index (Phi) is 3.15. The fraction of sp³-hybridized carbons (Fsp3) is 0.375. The van der Waals surface area contributed by atoms with E-state index in [1.165, 1.54) is 11.3 Å². The maximum Gasteiger partial charge on any atom is 0.261 e. The summed E-state index contributed by atoms with van der Waals surface area (Å²) in [7, 11) is 0. The van der Waals surface area contributed by atoms with Gasteiger partial charge < -0.3 is 10.4 Å². The number of carbonyl (C=O) groups excluding carboxylic acids is 1. The molecule has 5 heteroatoms.